The van der Waals surface area contributed by atoms with Crippen LogP contribution >= 0.6 is 0 Å². The number of halogens is 2. The molecular weight excluding hydrogens is 210 g/mol. The molecule has 0 saturated carbocycles. The predicted molar refractivity (Wildman–Crippen MR) is 57.7 cm³/mol. The molecule has 0 radical (unpaired) electrons. The summed E-state index contributed by atoms with van der Waals surface area (Å²) in [7, 11) is 0. The second kappa shape index (κ2) is 4.41. The Labute approximate surface area is 92.0 Å². The Morgan fingerprint density at radius 2 is 1.50 bits per heavy atom. The van der Waals surface area contributed by atoms with E-state index in [0.29, 0.717) is 5.56 Å². The van der Waals surface area contributed by atoms with E-state index in [9.17, 15) is 8.78 Å². The molecule has 0 fully saturated rings. The number of benzene rings is 2. The van der Waals surface area contributed by atoms with Gasteiger partial charge < -0.3 is 5.11 Å². The summed E-state index contributed by atoms with van der Waals surface area (Å²) in [5.74, 6) is -1.31. The smallest absolute Gasteiger partial charge is 0.134 e. The zero-order valence-electron chi connectivity index (χ0n) is 8.45. The Morgan fingerprint density at radius 1 is 0.938 bits per heavy atom. The third kappa shape index (κ3) is 1.95. The van der Waals surface area contributed by atoms with E-state index < -0.39 is 11.6 Å². The van der Waals surface area contributed by atoms with E-state index in [1.807, 2.05) is 0 Å². The van der Waals surface area contributed by atoms with Crippen molar-refractivity contribution in [3.8, 4) is 11.1 Å². The molecule has 2 aromatic rings. The first-order valence-corrected chi connectivity index (χ1v) is 4.86. The van der Waals surface area contributed by atoms with Gasteiger partial charge in [-0.25, -0.2) is 8.78 Å². The molecule has 0 atom stereocenters. The van der Waals surface area contributed by atoms with Gasteiger partial charge in [0, 0.05) is 0 Å². The molecule has 0 unspecified atom stereocenters. The number of hydrogen-bond donors (Lipinski definition) is 1. The molecule has 82 valence electrons. The third-order valence-electron chi connectivity index (χ3n) is 2.35. The molecular formula is C13H10F2O. The van der Waals surface area contributed by atoms with Gasteiger partial charge in [0.25, 0.3) is 0 Å². The minimum absolute atomic E-state index is 0.0576. The number of aliphatic hydroxyl groups excluding tert-OH is 1. The number of rotatable bonds is 2. The molecule has 1 nitrogen and oxygen atoms in total. The highest BCUT2D eigenvalue weighted by atomic mass is 19.1. The molecule has 16 heavy (non-hydrogen) atoms. The first-order valence-electron chi connectivity index (χ1n) is 4.86. The lowest BCUT2D eigenvalue weighted by molar-refractivity contribution is 0.280. The number of aliphatic hydroxyl groups is 1. The zero-order chi connectivity index (χ0) is 11.5. The second-order valence-electron chi connectivity index (χ2n) is 3.46. The summed E-state index contributed by atoms with van der Waals surface area (Å²) in [4.78, 5) is 0. The lowest BCUT2D eigenvalue weighted by Crippen LogP contribution is -1.94. The minimum Gasteiger partial charge on any atom is -0.392 e. The molecule has 2 rings (SSSR count). The Bertz CT molecular complexity index is 472. The predicted octanol–water partition coefficient (Wildman–Crippen LogP) is 3.12. The van der Waals surface area contributed by atoms with Gasteiger partial charge in [-0.2, -0.15) is 0 Å². The van der Waals surface area contributed by atoms with Gasteiger partial charge in [0.05, 0.1) is 12.2 Å². The molecule has 0 bridgehead atoms. The van der Waals surface area contributed by atoms with Crippen molar-refractivity contribution in [3.63, 3.8) is 0 Å². The van der Waals surface area contributed by atoms with E-state index in [2.05, 4.69) is 0 Å². The molecule has 0 aromatic heterocycles. The molecule has 0 saturated heterocycles. The van der Waals surface area contributed by atoms with Crippen LogP contribution < -0.4 is 0 Å². The molecule has 1 N–H and O–H groups in total. The Kier molecular flexibility index (Phi) is 2.97. The van der Waals surface area contributed by atoms with E-state index >= 15 is 0 Å². The van der Waals surface area contributed by atoms with Crippen molar-refractivity contribution in [1.82, 2.24) is 0 Å². The summed E-state index contributed by atoms with van der Waals surface area (Å²) in [6, 6.07) is 10.8. The molecule has 3 heteroatoms. The van der Waals surface area contributed by atoms with Crippen LogP contribution in [0.4, 0.5) is 8.78 Å². The molecule has 0 amide bonds. The summed E-state index contributed by atoms with van der Waals surface area (Å²) in [5, 5.41) is 8.81. The Balaban J connectivity index is 2.58. The van der Waals surface area contributed by atoms with Crippen LogP contribution in [0.25, 0.3) is 11.1 Å². The van der Waals surface area contributed by atoms with E-state index in [0.717, 1.165) is 12.1 Å². The maximum atomic E-state index is 13.6. The van der Waals surface area contributed by atoms with Crippen LogP contribution in [0.2, 0.25) is 0 Å². The van der Waals surface area contributed by atoms with E-state index in [-0.39, 0.29) is 17.7 Å². The van der Waals surface area contributed by atoms with Crippen molar-refractivity contribution in [1.29, 1.82) is 0 Å². The standard InChI is InChI=1S/C13H10F2O/c14-11-6-9(8-16)7-12(15)13(11)10-4-2-1-3-5-10/h1-7,16H,8H2. The first-order chi connectivity index (χ1) is 7.72. The lowest BCUT2D eigenvalue weighted by atomic mass is 10.0. The van der Waals surface area contributed by atoms with Gasteiger partial charge in [-0.3, -0.25) is 0 Å². The fraction of sp³-hybridized carbons (Fsp3) is 0.0769. The van der Waals surface area contributed by atoms with E-state index in [1.165, 1.54) is 0 Å². The normalized spacial score (nSPS) is 10.4. The largest absolute Gasteiger partial charge is 0.392 e. The van der Waals surface area contributed by atoms with Gasteiger partial charge in [0.1, 0.15) is 11.6 Å². The Morgan fingerprint density at radius 3 is 2.00 bits per heavy atom. The van der Waals surface area contributed by atoms with Crippen molar-refractivity contribution in [2.24, 2.45) is 0 Å². The average Bonchev–Trinajstić information content (AvgIpc) is 2.29. The van der Waals surface area contributed by atoms with Crippen molar-refractivity contribution in [2.75, 3.05) is 0 Å². The van der Waals surface area contributed by atoms with E-state index in [4.69, 9.17) is 5.11 Å². The lowest BCUT2D eigenvalue weighted by Gasteiger charge is -2.06. The van der Waals surface area contributed by atoms with Crippen LogP contribution in [0.1, 0.15) is 5.56 Å². The summed E-state index contributed by atoms with van der Waals surface area (Å²) in [6.07, 6.45) is 0. The van der Waals surface area contributed by atoms with Gasteiger partial charge in [0.2, 0.25) is 0 Å². The molecule has 0 spiro atoms. The average molecular weight is 220 g/mol. The SMILES string of the molecule is OCc1cc(F)c(-c2ccccc2)c(F)c1. The van der Waals surface area contributed by atoms with Crippen LogP contribution in [0.15, 0.2) is 42.5 Å². The molecule has 0 aliphatic heterocycles. The van der Waals surface area contributed by atoms with Gasteiger partial charge in [-0.05, 0) is 23.3 Å². The van der Waals surface area contributed by atoms with Gasteiger partial charge in [-0.1, -0.05) is 30.3 Å². The minimum atomic E-state index is -0.657. The van der Waals surface area contributed by atoms with Crippen LogP contribution in [-0.4, -0.2) is 5.11 Å². The fourth-order valence-electron chi connectivity index (χ4n) is 1.60. The highest BCUT2D eigenvalue weighted by Crippen LogP contribution is 2.26. The van der Waals surface area contributed by atoms with Crippen molar-refractivity contribution in [3.05, 3.63) is 59.7 Å². The van der Waals surface area contributed by atoms with Crippen LogP contribution in [0, 0.1) is 11.6 Å². The van der Waals surface area contributed by atoms with Gasteiger partial charge in [0.15, 0.2) is 0 Å². The second-order valence-corrected chi connectivity index (χ2v) is 3.46. The molecule has 0 heterocycles. The highest BCUT2D eigenvalue weighted by Gasteiger charge is 2.12. The molecule has 2 aromatic carbocycles. The van der Waals surface area contributed by atoms with Crippen LogP contribution in [-0.2, 0) is 6.61 Å². The van der Waals surface area contributed by atoms with Gasteiger partial charge >= 0.3 is 0 Å². The first kappa shape index (κ1) is 10.8. The topological polar surface area (TPSA) is 20.2 Å². The van der Waals surface area contributed by atoms with Crippen LogP contribution in [0.5, 0.6) is 0 Å². The van der Waals surface area contributed by atoms with Crippen molar-refractivity contribution >= 4 is 0 Å². The summed E-state index contributed by atoms with van der Waals surface area (Å²) in [6.45, 7) is -0.372. The quantitative estimate of drug-likeness (QED) is 0.824. The van der Waals surface area contributed by atoms with E-state index in [1.54, 1.807) is 30.3 Å². The Hall–Kier alpha value is -1.74. The maximum Gasteiger partial charge on any atom is 0.134 e. The third-order valence-corrected chi connectivity index (χ3v) is 2.35. The monoisotopic (exact) mass is 220 g/mol. The van der Waals surface area contributed by atoms with Gasteiger partial charge in [-0.15, -0.1) is 0 Å². The zero-order valence-corrected chi connectivity index (χ0v) is 8.45. The maximum absolute atomic E-state index is 13.6. The van der Waals surface area contributed by atoms with Crippen molar-refractivity contribution in [2.45, 2.75) is 6.61 Å². The molecule has 0 aliphatic carbocycles. The van der Waals surface area contributed by atoms with Crippen molar-refractivity contribution < 1.29 is 13.9 Å². The summed E-state index contributed by atoms with van der Waals surface area (Å²) in [5.41, 5.74) is 0.662. The van der Waals surface area contributed by atoms with Crippen LogP contribution in [0.3, 0.4) is 0 Å². The number of hydrogen-bond acceptors (Lipinski definition) is 1. The molecule has 0 aliphatic rings. The summed E-state index contributed by atoms with van der Waals surface area (Å²) < 4.78 is 27.3. The fourth-order valence-corrected chi connectivity index (χ4v) is 1.60. The highest BCUT2D eigenvalue weighted by molar-refractivity contribution is 5.65. The summed E-state index contributed by atoms with van der Waals surface area (Å²) >= 11 is 0.